The first-order valence-corrected chi connectivity index (χ1v) is 8.19. The summed E-state index contributed by atoms with van der Waals surface area (Å²) in [6, 6.07) is 0. The van der Waals surface area contributed by atoms with Crippen LogP contribution in [0.25, 0.3) is 0 Å². The zero-order chi connectivity index (χ0) is 16.6. The Kier molecular flexibility index (Phi) is 13.8. The first-order valence-electron chi connectivity index (χ1n) is 8.19. The zero-order valence-electron chi connectivity index (χ0n) is 14.6. The Morgan fingerprint density at radius 3 is 2.45 bits per heavy atom. The van der Waals surface area contributed by atoms with Crippen molar-refractivity contribution in [3.63, 3.8) is 0 Å². The normalized spacial score (nSPS) is 11.6. The highest BCUT2D eigenvalue weighted by molar-refractivity contribution is 5.79. The van der Waals surface area contributed by atoms with E-state index < -0.39 is 0 Å². The predicted octanol–water partition coefficient (Wildman–Crippen LogP) is 1.95. The fraction of sp³-hybridized carbons (Fsp3) is 0.875. The van der Waals surface area contributed by atoms with Gasteiger partial charge in [-0.2, -0.15) is 0 Å². The lowest BCUT2D eigenvalue weighted by Crippen LogP contribution is -2.39. The number of methoxy groups -OCH3 is 1. The van der Waals surface area contributed by atoms with E-state index in [0.717, 1.165) is 51.3 Å². The third-order valence-electron chi connectivity index (χ3n) is 3.18. The number of esters is 1. The summed E-state index contributed by atoms with van der Waals surface area (Å²) in [5, 5.41) is 6.46. The van der Waals surface area contributed by atoms with Crippen molar-refractivity contribution < 1.29 is 14.3 Å². The van der Waals surface area contributed by atoms with Crippen LogP contribution in [0.4, 0.5) is 0 Å². The minimum absolute atomic E-state index is 0.136. The molecule has 0 saturated heterocycles. The summed E-state index contributed by atoms with van der Waals surface area (Å²) in [6.45, 7) is 7.48. The van der Waals surface area contributed by atoms with E-state index in [1.807, 2.05) is 0 Å². The second kappa shape index (κ2) is 14.6. The molecular formula is C16H33N3O3. The Balaban J connectivity index is 3.46. The van der Waals surface area contributed by atoms with Crippen molar-refractivity contribution in [3.05, 3.63) is 0 Å². The smallest absolute Gasteiger partial charge is 0.305 e. The number of hydrogen-bond donors (Lipinski definition) is 2. The lowest BCUT2D eigenvalue weighted by atomic mass is 10.1. The Morgan fingerprint density at radius 1 is 1.09 bits per heavy atom. The van der Waals surface area contributed by atoms with E-state index >= 15 is 0 Å². The highest BCUT2D eigenvalue weighted by Crippen LogP contribution is 2.00. The van der Waals surface area contributed by atoms with Crippen LogP contribution in [-0.2, 0) is 14.3 Å². The second-order valence-corrected chi connectivity index (χ2v) is 5.61. The maximum absolute atomic E-state index is 11.0. The summed E-state index contributed by atoms with van der Waals surface area (Å²) >= 11 is 0. The van der Waals surface area contributed by atoms with Crippen LogP contribution in [0.1, 0.15) is 46.0 Å². The molecule has 0 aliphatic rings. The number of carbonyl (C=O) groups excluding carboxylic acids is 1. The molecule has 0 heterocycles. The molecule has 0 spiro atoms. The van der Waals surface area contributed by atoms with E-state index in [1.165, 1.54) is 7.11 Å². The number of carbonyl (C=O) groups is 1. The molecule has 0 bridgehead atoms. The molecule has 0 unspecified atom stereocenters. The molecule has 0 aromatic heterocycles. The van der Waals surface area contributed by atoms with E-state index in [2.05, 4.69) is 34.2 Å². The number of hydrogen-bond acceptors (Lipinski definition) is 4. The van der Waals surface area contributed by atoms with Gasteiger partial charge in [0.1, 0.15) is 0 Å². The quantitative estimate of drug-likeness (QED) is 0.249. The monoisotopic (exact) mass is 315 g/mol. The van der Waals surface area contributed by atoms with Crippen LogP contribution in [0, 0.1) is 5.92 Å². The lowest BCUT2D eigenvalue weighted by molar-refractivity contribution is -0.140. The summed E-state index contributed by atoms with van der Waals surface area (Å²) in [5.74, 6) is 1.34. The van der Waals surface area contributed by atoms with Gasteiger partial charge in [-0.1, -0.05) is 20.3 Å². The number of guanidine groups is 1. The van der Waals surface area contributed by atoms with Crippen LogP contribution in [-0.4, -0.2) is 52.4 Å². The number of nitrogens with zero attached hydrogens (tertiary/aromatic N) is 1. The molecule has 0 radical (unpaired) electrons. The van der Waals surface area contributed by atoms with Crippen LogP contribution >= 0.6 is 0 Å². The average Bonchev–Trinajstić information content (AvgIpc) is 2.51. The van der Waals surface area contributed by atoms with Crippen molar-refractivity contribution >= 4 is 11.9 Å². The van der Waals surface area contributed by atoms with Gasteiger partial charge in [0.2, 0.25) is 0 Å². The van der Waals surface area contributed by atoms with Crippen LogP contribution in [0.2, 0.25) is 0 Å². The Labute approximate surface area is 135 Å². The molecule has 0 amide bonds. The Morgan fingerprint density at radius 2 is 1.82 bits per heavy atom. The van der Waals surface area contributed by atoms with Crippen LogP contribution in [0.15, 0.2) is 4.99 Å². The van der Waals surface area contributed by atoms with Gasteiger partial charge < -0.3 is 20.1 Å². The topological polar surface area (TPSA) is 72.0 Å². The third kappa shape index (κ3) is 13.7. The van der Waals surface area contributed by atoms with Crippen LogP contribution < -0.4 is 10.6 Å². The molecule has 0 aromatic carbocycles. The molecule has 0 fully saturated rings. The van der Waals surface area contributed by atoms with Gasteiger partial charge in [0.25, 0.3) is 0 Å². The highest BCUT2D eigenvalue weighted by atomic mass is 16.5. The largest absolute Gasteiger partial charge is 0.469 e. The van der Waals surface area contributed by atoms with Crippen molar-refractivity contribution in [1.82, 2.24) is 10.6 Å². The average molecular weight is 315 g/mol. The van der Waals surface area contributed by atoms with Gasteiger partial charge in [-0.15, -0.1) is 0 Å². The zero-order valence-corrected chi connectivity index (χ0v) is 14.6. The van der Waals surface area contributed by atoms with Gasteiger partial charge in [-0.05, 0) is 25.2 Å². The van der Waals surface area contributed by atoms with E-state index in [1.54, 1.807) is 7.05 Å². The molecule has 130 valence electrons. The summed E-state index contributed by atoms with van der Waals surface area (Å²) in [4.78, 5) is 15.1. The van der Waals surface area contributed by atoms with Gasteiger partial charge in [0, 0.05) is 33.2 Å². The van der Waals surface area contributed by atoms with Crippen molar-refractivity contribution in [2.45, 2.75) is 46.0 Å². The lowest BCUT2D eigenvalue weighted by Gasteiger charge is -2.12. The standard InChI is InChI=1S/C16H33N3O3/c1-14(2)9-12-22-13-11-19-16(17-3)18-10-7-5-6-8-15(20)21-4/h14H,5-13H2,1-4H3,(H2,17,18,19). The van der Waals surface area contributed by atoms with Crippen molar-refractivity contribution in [2.24, 2.45) is 10.9 Å². The van der Waals surface area contributed by atoms with Gasteiger partial charge in [-0.25, -0.2) is 0 Å². The summed E-state index contributed by atoms with van der Waals surface area (Å²) < 4.78 is 10.1. The van der Waals surface area contributed by atoms with Gasteiger partial charge in [0.05, 0.1) is 13.7 Å². The van der Waals surface area contributed by atoms with Crippen LogP contribution in [0.5, 0.6) is 0 Å². The van der Waals surface area contributed by atoms with Crippen LogP contribution in [0.3, 0.4) is 0 Å². The van der Waals surface area contributed by atoms with E-state index in [9.17, 15) is 4.79 Å². The minimum Gasteiger partial charge on any atom is -0.469 e. The van der Waals surface area contributed by atoms with Crippen molar-refractivity contribution in [1.29, 1.82) is 0 Å². The van der Waals surface area contributed by atoms with E-state index in [4.69, 9.17) is 4.74 Å². The summed E-state index contributed by atoms with van der Waals surface area (Å²) in [6.07, 6.45) is 4.46. The Hall–Kier alpha value is -1.30. The Bertz CT molecular complexity index is 307. The molecule has 2 N–H and O–H groups in total. The number of unbranched alkanes of at least 4 members (excludes halogenated alkanes) is 2. The summed E-state index contributed by atoms with van der Waals surface area (Å²) in [5.41, 5.74) is 0. The van der Waals surface area contributed by atoms with Gasteiger partial charge in [-0.3, -0.25) is 9.79 Å². The first kappa shape index (κ1) is 20.7. The highest BCUT2D eigenvalue weighted by Gasteiger charge is 2.00. The fourth-order valence-electron chi connectivity index (χ4n) is 1.76. The second-order valence-electron chi connectivity index (χ2n) is 5.61. The molecule has 6 heteroatoms. The van der Waals surface area contributed by atoms with Gasteiger partial charge in [0.15, 0.2) is 5.96 Å². The molecule has 0 saturated carbocycles. The van der Waals surface area contributed by atoms with E-state index in [0.29, 0.717) is 18.9 Å². The molecule has 0 aliphatic carbocycles. The molecule has 0 atom stereocenters. The van der Waals surface area contributed by atoms with Crippen molar-refractivity contribution in [3.8, 4) is 0 Å². The minimum atomic E-state index is -0.136. The molecule has 6 nitrogen and oxygen atoms in total. The molecule has 0 aliphatic heterocycles. The fourth-order valence-corrected chi connectivity index (χ4v) is 1.76. The maximum atomic E-state index is 11.0. The SMILES string of the molecule is CN=C(NCCCCCC(=O)OC)NCCOCCC(C)C. The molecule has 0 aromatic rings. The third-order valence-corrected chi connectivity index (χ3v) is 3.18. The van der Waals surface area contributed by atoms with Gasteiger partial charge >= 0.3 is 5.97 Å². The number of ether oxygens (including phenoxy) is 2. The predicted molar refractivity (Wildman–Crippen MR) is 90.1 cm³/mol. The first-order chi connectivity index (χ1) is 10.6. The summed E-state index contributed by atoms with van der Waals surface area (Å²) in [7, 11) is 3.18. The van der Waals surface area contributed by atoms with Crippen molar-refractivity contribution in [2.75, 3.05) is 40.5 Å². The number of aliphatic imine (C=N–C) groups is 1. The molecule has 22 heavy (non-hydrogen) atoms. The molecular weight excluding hydrogens is 282 g/mol. The van der Waals surface area contributed by atoms with E-state index in [-0.39, 0.29) is 5.97 Å². The maximum Gasteiger partial charge on any atom is 0.305 e. The number of nitrogens with one attached hydrogen (secondary N) is 2. The molecule has 0 rings (SSSR count). The number of rotatable bonds is 12.